The predicted octanol–water partition coefficient (Wildman–Crippen LogP) is 3.89. The highest BCUT2D eigenvalue weighted by atomic mass is 32.2. The van der Waals surface area contributed by atoms with Crippen LogP contribution in [0.15, 0.2) is 17.0 Å². The molecule has 0 radical (unpaired) electrons. The summed E-state index contributed by atoms with van der Waals surface area (Å²) in [4.78, 5) is 9.89. The van der Waals surface area contributed by atoms with E-state index in [0.717, 1.165) is 6.07 Å². The van der Waals surface area contributed by atoms with Gasteiger partial charge in [0, 0.05) is 4.90 Å². The highest BCUT2D eigenvalue weighted by Crippen LogP contribution is 2.42. The van der Waals surface area contributed by atoms with Crippen LogP contribution in [0.2, 0.25) is 0 Å². The van der Waals surface area contributed by atoms with E-state index in [4.69, 9.17) is 10.4 Å². The van der Waals surface area contributed by atoms with Crippen LogP contribution in [-0.4, -0.2) is 16.6 Å². The van der Waals surface area contributed by atoms with Crippen LogP contribution in [-0.2, 0) is 6.18 Å². The minimum atomic E-state index is -5.04. The number of halogens is 6. The molecule has 0 aliphatic rings. The number of alkyl halides is 6. The van der Waals surface area contributed by atoms with E-state index >= 15 is 0 Å². The van der Waals surface area contributed by atoms with Crippen LogP contribution in [0.4, 0.5) is 26.3 Å². The number of rotatable bonds is 2. The van der Waals surface area contributed by atoms with E-state index in [1.165, 1.54) is 0 Å². The molecule has 0 aliphatic heterocycles. The van der Waals surface area contributed by atoms with Gasteiger partial charge in [0.1, 0.15) is 6.07 Å². The summed E-state index contributed by atoms with van der Waals surface area (Å²) in [5.74, 6) is -2.04. The van der Waals surface area contributed by atoms with Crippen molar-refractivity contribution in [3.8, 4) is 6.07 Å². The molecule has 0 spiro atoms. The van der Waals surface area contributed by atoms with Crippen molar-refractivity contribution in [2.45, 2.75) is 16.6 Å². The summed E-state index contributed by atoms with van der Waals surface area (Å²) in [6.45, 7) is 0. The van der Waals surface area contributed by atoms with E-state index in [2.05, 4.69) is 0 Å². The van der Waals surface area contributed by atoms with Gasteiger partial charge in [-0.2, -0.15) is 31.6 Å². The minimum absolute atomic E-state index is 0.249. The monoisotopic (exact) mass is 315 g/mol. The maximum absolute atomic E-state index is 12.6. The van der Waals surface area contributed by atoms with Gasteiger partial charge >= 0.3 is 17.7 Å². The van der Waals surface area contributed by atoms with Gasteiger partial charge in [0.2, 0.25) is 0 Å². The van der Waals surface area contributed by atoms with E-state index in [9.17, 15) is 31.1 Å². The molecule has 0 aromatic heterocycles. The second-order valence-corrected chi connectivity index (χ2v) is 4.43. The molecule has 0 saturated heterocycles. The van der Waals surface area contributed by atoms with Crippen LogP contribution in [0.1, 0.15) is 21.5 Å². The Balaban J connectivity index is 3.60. The molecule has 1 aromatic rings. The summed E-state index contributed by atoms with van der Waals surface area (Å²) >= 11 is -0.895. The zero-order valence-corrected chi connectivity index (χ0v) is 9.95. The molecule has 1 aromatic carbocycles. The fourth-order valence-corrected chi connectivity index (χ4v) is 2.03. The van der Waals surface area contributed by atoms with Gasteiger partial charge in [-0.1, -0.05) is 0 Å². The largest absolute Gasteiger partial charge is 0.478 e. The first kappa shape index (κ1) is 16.2. The number of benzene rings is 1. The highest BCUT2D eigenvalue weighted by Gasteiger charge is 2.38. The molecule has 0 aliphatic carbocycles. The third-order valence-corrected chi connectivity index (χ3v) is 2.82. The van der Waals surface area contributed by atoms with E-state index in [1.54, 1.807) is 0 Å². The van der Waals surface area contributed by atoms with E-state index in [-0.39, 0.29) is 6.07 Å². The molecule has 0 amide bonds. The lowest BCUT2D eigenvalue weighted by Gasteiger charge is -2.14. The van der Waals surface area contributed by atoms with Crippen molar-refractivity contribution in [3.63, 3.8) is 0 Å². The van der Waals surface area contributed by atoms with Crippen molar-refractivity contribution in [3.05, 3.63) is 28.8 Å². The van der Waals surface area contributed by atoms with Crippen LogP contribution in [0.25, 0.3) is 0 Å². The number of carboxylic acids is 1. The molecule has 0 saturated carbocycles. The maximum atomic E-state index is 12.6. The Morgan fingerprint density at radius 3 is 2.10 bits per heavy atom. The number of hydrogen-bond acceptors (Lipinski definition) is 3. The molecule has 10 heteroatoms. The third-order valence-electron chi connectivity index (χ3n) is 2.02. The van der Waals surface area contributed by atoms with Crippen LogP contribution >= 0.6 is 11.8 Å². The number of carbonyl (C=O) groups is 1. The number of carboxylic acid groups (broad SMARTS) is 1. The molecule has 3 nitrogen and oxygen atoms in total. The average molecular weight is 315 g/mol. The maximum Gasteiger partial charge on any atom is 0.446 e. The summed E-state index contributed by atoms with van der Waals surface area (Å²) in [6, 6.07) is 1.63. The summed E-state index contributed by atoms with van der Waals surface area (Å²) in [5.41, 5.74) is -9.15. The lowest BCUT2D eigenvalue weighted by atomic mass is 10.0. The van der Waals surface area contributed by atoms with Crippen molar-refractivity contribution in [1.29, 1.82) is 5.26 Å². The van der Waals surface area contributed by atoms with Gasteiger partial charge in [-0.3, -0.25) is 0 Å². The zero-order valence-electron chi connectivity index (χ0n) is 9.13. The average Bonchev–Trinajstić information content (AvgIpc) is 2.23. The Kier molecular flexibility index (Phi) is 4.24. The summed E-state index contributed by atoms with van der Waals surface area (Å²) < 4.78 is 74.4. The summed E-state index contributed by atoms with van der Waals surface area (Å²) in [5, 5.41) is 17.4. The Hall–Kier alpha value is -1.89. The lowest BCUT2D eigenvalue weighted by molar-refractivity contribution is -0.137. The van der Waals surface area contributed by atoms with Gasteiger partial charge in [-0.15, -0.1) is 0 Å². The molecule has 1 rings (SSSR count). The van der Waals surface area contributed by atoms with Crippen LogP contribution in [0, 0.1) is 11.3 Å². The highest BCUT2D eigenvalue weighted by molar-refractivity contribution is 8.00. The van der Waals surface area contributed by atoms with Crippen molar-refractivity contribution >= 4 is 17.7 Å². The minimum Gasteiger partial charge on any atom is -0.478 e. The molecule has 0 atom stereocenters. The van der Waals surface area contributed by atoms with Gasteiger partial charge in [0.15, 0.2) is 0 Å². The van der Waals surface area contributed by atoms with Crippen LogP contribution in [0.3, 0.4) is 0 Å². The molecule has 0 heterocycles. The second kappa shape index (κ2) is 5.24. The first-order valence-electron chi connectivity index (χ1n) is 4.60. The molecule has 0 bridgehead atoms. The first-order chi connectivity index (χ1) is 8.97. The fraction of sp³-hybridized carbons (Fsp3) is 0.200. The molecular formula is C10H3F6NO2S. The van der Waals surface area contributed by atoms with Crippen molar-refractivity contribution in [2.24, 2.45) is 0 Å². The quantitative estimate of drug-likeness (QED) is 0.664. The second-order valence-electron chi connectivity index (χ2n) is 3.32. The number of hydrogen-bond donors (Lipinski definition) is 1. The molecule has 1 N–H and O–H groups in total. The van der Waals surface area contributed by atoms with Crippen molar-refractivity contribution < 1.29 is 36.2 Å². The van der Waals surface area contributed by atoms with Crippen molar-refractivity contribution in [2.75, 3.05) is 0 Å². The van der Waals surface area contributed by atoms with Gasteiger partial charge < -0.3 is 5.11 Å². The Bertz CT molecular complexity index is 587. The smallest absolute Gasteiger partial charge is 0.446 e. The standard InChI is InChI=1S/C10H3F6NO2S/c11-9(12,13)5-1-2-6(20-10(14,15)16)7(8(18)19)4(5)3-17/h1-2H,(H,18,19). The Labute approximate surface area is 111 Å². The van der Waals surface area contributed by atoms with E-state index in [0.29, 0.717) is 6.07 Å². The molecule has 20 heavy (non-hydrogen) atoms. The van der Waals surface area contributed by atoms with Crippen LogP contribution in [0.5, 0.6) is 0 Å². The normalized spacial score (nSPS) is 12.1. The van der Waals surface area contributed by atoms with Crippen LogP contribution < -0.4 is 0 Å². The predicted molar refractivity (Wildman–Crippen MR) is 55.0 cm³/mol. The third kappa shape index (κ3) is 3.57. The van der Waals surface area contributed by atoms with Gasteiger partial charge in [-0.05, 0) is 23.9 Å². The van der Waals surface area contributed by atoms with Gasteiger partial charge in [0.25, 0.3) is 0 Å². The van der Waals surface area contributed by atoms with Gasteiger partial charge in [0.05, 0.1) is 16.7 Å². The number of nitrogens with zero attached hydrogens (tertiary/aromatic N) is 1. The Morgan fingerprint density at radius 1 is 1.20 bits per heavy atom. The van der Waals surface area contributed by atoms with E-state index < -0.39 is 51.0 Å². The molecular weight excluding hydrogens is 312 g/mol. The first-order valence-corrected chi connectivity index (χ1v) is 5.42. The lowest BCUT2D eigenvalue weighted by Crippen LogP contribution is -2.14. The SMILES string of the molecule is N#Cc1c(C(F)(F)F)ccc(SC(F)(F)F)c1C(=O)O. The topological polar surface area (TPSA) is 61.1 Å². The summed E-state index contributed by atoms with van der Waals surface area (Å²) in [7, 11) is 0. The molecule has 0 fully saturated rings. The summed E-state index contributed by atoms with van der Waals surface area (Å²) in [6.07, 6.45) is -5.04. The number of nitriles is 1. The Morgan fingerprint density at radius 2 is 1.75 bits per heavy atom. The van der Waals surface area contributed by atoms with E-state index in [1.807, 2.05) is 0 Å². The molecule has 0 unspecified atom stereocenters. The zero-order chi connectivity index (χ0) is 15.7. The molecule has 108 valence electrons. The number of thioether (sulfide) groups is 1. The number of aromatic carboxylic acids is 1. The fourth-order valence-electron chi connectivity index (χ4n) is 1.36. The van der Waals surface area contributed by atoms with Crippen molar-refractivity contribution in [1.82, 2.24) is 0 Å². The van der Waals surface area contributed by atoms with Gasteiger partial charge in [-0.25, -0.2) is 4.79 Å².